The van der Waals surface area contributed by atoms with Gasteiger partial charge in [-0.1, -0.05) is 12.1 Å². The van der Waals surface area contributed by atoms with E-state index in [1.165, 1.54) is 5.56 Å². The highest BCUT2D eigenvalue weighted by molar-refractivity contribution is 14.1. The van der Waals surface area contributed by atoms with Crippen molar-refractivity contribution >= 4 is 28.5 Å². The van der Waals surface area contributed by atoms with Crippen LogP contribution in [0.1, 0.15) is 21.5 Å². The van der Waals surface area contributed by atoms with Crippen LogP contribution in [0.2, 0.25) is 0 Å². The first-order valence-corrected chi connectivity index (χ1v) is 6.68. The second kappa shape index (κ2) is 5.95. The molecule has 1 aromatic heterocycles. The maximum Gasteiger partial charge on any atom is 0.251 e. The van der Waals surface area contributed by atoms with Crippen molar-refractivity contribution in [3.63, 3.8) is 0 Å². The second-order valence-corrected chi connectivity index (χ2v) is 5.17. The predicted octanol–water partition coefficient (Wildman–Crippen LogP) is 2.92. The number of carbonyl (C=O) groups excluding carboxylic acids is 1. The van der Waals surface area contributed by atoms with Gasteiger partial charge in [-0.25, -0.2) is 0 Å². The average molecular weight is 352 g/mol. The maximum absolute atomic E-state index is 11.9. The highest BCUT2D eigenvalue weighted by Crippen LogP contribution is 2.13. The third-order valence-corrected chi connectivity index (χ3v) is 3.77. The monoisotopic (exact) mass is 352 g/mol. The summed E-state index contributed by atoms with van der Waals surface area (Å²) < 4.78 is 1.10. The van der Waals surface area contributed by atoms with Crippen LogP contribution >= 0.6 is 22.6 Å². The third kappa shape index (κ3) is 3.29. The number of hydrogen-bond donors (Lipinski definition) is 1. The summed E-state index contributed by atoms with van der Waals surface area (Å²) in [4.78, 5) is 16.0. The summed E-state index contributed by atoms with van der Waals surface area (Å²) in [5.41, 5.74) is 2.86. The van der Waals surface area contributed by atoms with E-state index in [9.17, 15) is 4.79 Å². The molecule has 0 bridgehead atoms. The van der Waals surface area contributed by atoms with Crippen molar-refractivity contribution in [2.75, 3.05) is 0 Å². The molecule has 3 nitrogen and oxygen atoms in total. The fourth-order valence-electron chi connectivity index (χ4n) is 1.52. The van der Waals surface area contributed by atoms with Crippen molar-refractivity contribution in [3.05, 3.63) is 63.0 Å². The molecule has 0 saturated heterocycles. The van der Waals surface area contributed by atoms with Crippen LogP contribution in [-0.4, -0.2) is 10.9 Å². The Morgan fingerprint density at radius 3 is 2.89 bits per heavy atom. The first-order valence-electron chi connectivity index (χ1n) is 5.60. The summed E-state index contributed by atoms with van der Waals surface area (Å²) in [7, 11) is 0. The minimum Gasteiger partial charge on any atom is -0.348 e. The van der Waals surface area contributed by atoms with Gasteiger partial charge in [-0.3, -0.25) is 9.78 Å². The van der Waals surface area contributed by atoms with Crippen LogP contribution in [0.4, 0.5) is 0 Å². The van der Waals surface area contributed by atoms with Gasteiger partial charge in [-0.2, -0.15) is 0 Å². The molecule has 0 fully saturated rings. The minimum atomic E-state index is -0.0585. The molecule has 2 rings (SSSR count). The Balaban J connectivity index is 2.02. The van der Waals surface area contributed by atoms with E-state index in [-0.39, 0.29) is 5.91 Å². The Morgan fingerprint density at radius 1 is 1.39 bits per heavy atom. The Kier molecular flexibility index (Phi) is 4.30. The van der Waals surface area contributed by atoms with Crippen molar-refractivity contribution in [1.29, 1.82) is 0 Å². The molecule has 1 N–H and O–H groups in total. The lowest BCUT2D eigenvalue weighted by Gasteiger charge is -2.06. The van der Waals surface area contributed by atoms with Crippen LogP contribution in [0.25, 0.3) is 0 Å². The summed E-state index contributed by atoms with van der Waals surface area (Å²) in [5.74, 6) is -0.0585. The van der Waals surface area contributed by atoms with Gasteiger partial charge in [0.25, 0.3) is 5.91 Å². The van der Waals surface area contributed by atoms with Crippen molar-refractivity contribution in [2.45, 2.75) is 13.5 Å². The van der Waals surface area contributed by atoms with E-state index in [0.717, 1.165) is 9.13 Å². The summed E-state index contributed by atoms with van der Waals surface area (Å²) in [5, 5.41) is 2.88. The number of nitrogens with zero attached hydrogens (tertiary/aromatic N) is 1. The van der Waals surface area contributed by atoms with E-state index in [2.05, 4.69) is 32.9 Å². The topological polar surface area (TPSA) is 42.0 Å². The molecular weight excluding hydrogens is 339 g/mol. The van der Waals surface area contributed by atoms with Crippen molar-refractivity contribution in [2.24, 2.45) is 0 Å². The van der Waals surface area contributed by atoms with E-state index < -0.39 is 0 Å². The van der Waals surface area contributed by atoms with Gasteiger partial charge < -0.3 is 5.32 Å². The van der Waals surface area contributed by atoms with Crippen LogP contribution in [0.3, 0.4) is 0 Å². The molecule has 18 heavy (non-hydrogen) atoms. The highest BCUT2D eigenvalue weighted by atomic mass is 127. The average Bonchev–Trinajstić information content (AvgIpc) is 2.40. The SMILES string of the molecule is Cc1ccc(C(=O)NCc2cccnc2)cc1I. The largest absolute Gasteiger partial charge is 0.348 e. The molecule has 0 aliphatic rings. The first kappa shape index (κ1) is 13.0. The molecule has 0 saturated carbocycles. The Bertz CT molecular complexity index is 555. The molecule has 1 aromatic carbocycles. The van der Waals surface area contributed by atoms with Crippen LogP contribution in [0.5, 0.6) is 0 Å². The van der Waals surface area contributed by atoms with Crippen molar-refractivity contribution in [3.8, 4) is 0 Å². The lowest BCUT2D eigenvalue weighted by molar-refractivity contribution is 0.0951. The molecule has 0 spiro atoms. The fraction of sp³-hybridized carbons (Fsp3) is 0.143. The molecule has 1 amide bonds. The molecule has 0 radical (unpaired) electrons. The zero-order chi connectivity index (χ0) is 13.0. The molecule has 0 unspecified atom stereocenters. The molecule has 2 aromatic rings. The van der Waals surface area contributed by atoms with Crippen LogP contribution in [0.15, 0.2) is 42.7 Å². The first-order chi connectivity index (χ1) is 8.66. The Labute approximate surface area is 120 Å². The number of nitrogens with one attached hydrogen (secondary N) is 1. The number of amides is 1. The van der Waals surface area contributed by atoms with Crippen LogP contribution in [0, 0.1) is 10.5 Å². The number of pyridine rings is 1. The molecule has 1 heterocycles. The Morgan fingerprint density at radius 2 is 2.22 bits per heavy atom. The molecule has 0 atom stereocenters. The van der Waals surface area contributed by atoms with E-state index in [0.29, 0.717) is 12.1 Å². The van der Waals surface area contributed by atoms with Gasteiger partial charge in [0, 0.05) is 28.1 Å². The molecule has 0 aliphatic carbocycles. The second-order valence-electron chi connectivity index (χ2n) is 4.01. The quantitative estimate of drug-likeness (QED) is 0.864. The zero-order valence-electron chi connectivity index (χ0n) is 9.98. The van der Waals surface area contributed by atoms with E-state index >= 15 is 0 Å². The molecule has 4 heteroatoms. The number of halogens is 1. The number of hydrogen-bond acceptors (Lipinski definition) is 2. The normalized spacial score (nSPS) is 10.1. The van der Waals surface area contributed by atoms with E-state index in [1.54, 1.807) is 12.4 Å². The van der Waals surface area contributed by atoms with Gasteiger partial charge in [0.2, 0.25) is 0 Å². The van der Waals surface area contributed by atoms with E-state index in [1.807, 2.05) is 37.3 Å². The summed E-state index contributed by atoms with van der Waals surface area (Å²) in [6, 6.07) is 9.49. The molecular formula is C14H13IN2O. The third-order valence-electron chi connectivity index (χ3n) is 2.61. The molecule has 92 valence electrons. The van der Waals surface area contributed by atoms with Crippen molar-refractivity contribution in [1.82, 2.24) is 10.3 Å². The maximum atomic E-state index is 11.9. The van der Waals surface area contributed by atoms with Gasteiger partial charge in [-0.15, -0.1) is 0 Å². The standard InChI is InChI=1S/C14H13IN2O/c1-10-4-5-12(7-13(10)15)14(18)17-9-11-3-2-6-16-8-11/h2-8H,9H2,1H3,(H,17,18). The number of aromatic nitrogens is 1. The van der Waals surface area contributed by atoms with Gasteiger partial charge in [0.1, 0.15) is 0 Å². The van der Waals surface area contributed by atoms with Crippen LogP contribution < -0.4 is 5.32 Å². The number of benzene rings is 1. The van der Waals surface area contributed by atoms with Gasteiger partial charge in [0.15, 0.2) is 0 Å². The highest BCUT2D eigenvalue weighted by Gasteiger charge is 2.06. The van der Waals surface area contributed by atoms with Gasteiger partial charge in [0.05, 0.1) is 0 Å². The lowest BCUT2D eigenvalue weighted by Crippen LogP contribution is -2.22. The van der Waals surface area contributed by atoms with E-state index in [4.69, 9.17) is 0 Å². The van der Waals surface area contributed by atoms with Crippen LogP contribution in [-0.2, 0) is 6.54 Å². The number of rotatable bonds is 3. The Hall–Kier alpha value is -1.43. The number of aryl methyl sites for hydroxylation is 1. The smallest absolute Gasteiger partial charge is 0.251 e. The minimum absolute atomic E-state index is 0.0585. The van der Waals surface area contributed by atoms with Gasteiger partial charge in [-0.05, 0) is 58.8 Å². The van der Waals surface area contributed by atoms with Gasteiger partial charge >= 0.3 is 0 Å². The van der Waals surface area contributed by atoms with Crippen molar-refractivity contribution < 1.29 is 4.79 Å². The lowest BCUT2D eigenvalue weighted by atomic mass is 10.1. The fourth-order valence-corrected chi connectivity index (χ4v) is 2.04. The predicted molar refractivity (Wildman–Crippen MR) is 79.3 cm³/mol. The summed E-state index contributed by atoms with van der Waals surface area (Å²) in [6.45, 7) is 2.52. The molecule has 0 aliphatic heterocycles. The summed E-state index contributed by atoms with van der Waals surface area (Å²) in [6.07, 6.45) is 3.47. The zero-order valence-corrected chi connectivity index (χ0v) is 12.1. The summed E-state index contributed by atoms with van der Waals surface area (Å²) >= 11 is 2.23. The number of carbonyl (C=O) groups is 1.